The molecule has 0 spiro atoms. The van der Waals surface area contributed by atoms with Gasteiger partial charge in [0.1, 0.15) is 0 Å². The monoisotopic (exact) mass is 192 g/mol. The Balaban J connectivity index is 2.85. The van der Waals surface area contributed by atoms with Crippen molar-refractivity contribution < 1.29 is 4.79 Å². The van der Waals surface area contributed by atoms with Gasteiger partial charge >= 0.3 is 0 Å². The van der Waals surface area contributed by atoms with Crippen LogP contribution < -0.4 is 0 Å². The van der Waals surface area contributed by atoms with Gasteiger partial charge in [0.2, 0.25) is 0 Å². The first kappa shape index (κ1) is 11.4. The molecule has 11 heavy (non-hydrogen) atoms. The number of carbonyl (C=O) groups is 1. The minimum Gasteiger partial charge on any atom is -0.288 e. The van der Waals surface area contributed by atoms with Crippen molar-refractivity contribution in [2.75, 3.05) is 11.5 Å². The smallest absolute Gasteiger partial charge is 0.185 e. The molecule has 0 radical (unpaired) electrons. The summed E-state index contributed by atoms with van der Waals surface area (Å²) >= 11 is 5.55. The summed E-state index contributed by atoms with van der Waals surface area (Å²) in [6.45, 7) is 1.62. The molecule has 0 heterocycles. The highest BCUT2D eigenvalue weighted by Crippen LogP contribution is 2.08. The van der Waals surface area contributed by atoms with Gasteiger partial charge in [0.05, 0.1) is 0 Å². The van der Waals surface area contributed by atoms with Crippen molar-refractivity contribution in [2.45, 2.75) is 32.6 Å². The predicted octanol–water partition coefficient (Wildman–Crippen LogP) is 2.76. The van der Waals surface area contributed by atoms with Crippen molar-refractivity contribution in [3.63, 3.8) is 0 Å². The Hall–Kier alpha value is 0.370. The van der Waals surface area contributed by atoms with Crippen LogP contribution in [0.4, 0.5) is 0 Å². The molecule has 0 amide bonds. The summed E-state index contributed by atoms with van der Waals surface area (Å²) in [7, 11) is 0. The van der Waals surface area contributed by atoms with Gasteiger partial charge < -0.3 is 0 Å². The maximum Gasteiger partial charge on any atom is 0.185 e. The molecule has 0 saturated heterocycles. The molecule has 0 saturated carbocycles. The Bertz CT molecular complexity index is 104. The van der Waals surface area contributed by atoms with Crippen LogP contribution in [0, 0.1) is 0 Å². The van der Waals surface area contributed by atoms with Crippen LogP contribution in [0.2, 0.25) is 0 Å². The van der Waals surface area contributed by atoms with Gasteiger partial charge in [-0.15, -0.1) is 0 Å². The molecule has 3 heteroatoms. The summed E-state index contributed by atoms with van der Waals surface area (Å²) in [5, 5.41) is 0.235. The molecular formula is C8H16OS2. The fraction of sp³-hybridized carbons (Fsp3) is 0.875. The van der Waals surface area contributed by atoms with Crippen LogP contribution in [-0.4, -0.2) is 16.6 Å². The van der Waals surface area contributed by atoms with E-state index in [4.69, 9.17) is 0 Å². The highest BCUT2D eigenvalue weighted by atomic mass is 32.2. The van der Waals surface area contributed by atoms with E-state index in [-0.39, 0.29) is 5.12 Å². The molecule has 66 valence electrons. The van der Waals surface area contributed by atoms with Crippen molar-refractivity contribution in [1.82, 2.24) is 0 Å². The number of thiol groups is 1. The lowest BCUT2D eigenvalue weighted by Gasteiger charge is -1.97. The van der Waals surface area contributed by atoms with E-state index >= 15 is 0 Å². The molecule has 0 fully saturated rings. The SMILES string of the molecule is CC(=O)SCCCCCCS. The summed E-state index contributed by atoms with van der Waals surface area (Å²) in [4.78, 5) is 10.5. The first-order valence-corrected chi connectivity index (χ1v) is 5.63. The molecule has 0 aromatic carbocycles. The van der Waals surface area contributed by atoms with Crippen molar-refractivity contribution in [1.29, 1.82) is 0 Å². The van der Waals surface area contributed by atoms with Gasteiger partial charge in [0.25, 0.3) is 0 Å². The number of rotatable bonds is 6. The van der Waals surface area contributed by atoms with Gasteiger partial charge in [-0.2, -0.15) is 12.6 Å². The molecule has 0 atom stereocenters. The van der Waals surface area contributed by atoms with Crippen LogP contribution in [0.3, 0.4) is 0 Å². The maximum absolute atomic E-state index is 10.5. The van der Waals surface area contributed by atoms with Crippen molar-refractivity contribution in [3.05, 3.63) is 0 Å². The topological polar surface area (TPSA) is 17.1 Å². The first-order valence-electron chi connectivity index (χ1n) is 4.01. The average Bonchev–Trinajstić information content (AvgIpc) is 1.96. The Morgan fingerprint density at radius 3 is 2.45 bits per heavy atom. The van der Waals surface area contributed by atoms with E-state index in [1.54, 1.807) is 6.92 Å². The zero-order chi connectivity index (χ0) is 8.53. The Kier molecular flexibility index (Phi) is 8.75. The van der Waals surface area contributed by atoms with Crippen LogP contribution in [0.5, 0.6) is 0 Å². The maximum atomic E-state index is 10.5. The lowest BCUT2D eigenvalue weighted by atomic mass is 10.2. The Morgan fingerprint density at radius 1 is 1.27 bits per heavy atom. The molecule has 0 aliphatic rings. The zero-order valence-corrected chi connectivity index (χ0v) is 8.72. The number of unbranched alkanes of at least 4 members (excludes halogenated alkanes) is 3. The second-order valence-electron chi connectivity index (χ2n) is 2.48. The summed E-state index contributed by atoms with van der Waals surface area (Å²) in [6, 6.07) is 0. The van der Waals surface area contributed by atoms with Gasteiger partial charge in [-0.1, -0.05) is 24.6 Å². The summed E-state index contributed by atoms with van der Waals surface area (Å²) < 4.78 is 0. The van der Waals surface area contributed by atoms with Gasteiger partial charge in [0, 0.05) is 12.7 Å². The molecule has 0 aromatic rings. The van der Waals surface area contributed by atoms with Crippen LogP contribution in [0.1, 0.15) is 32.6 Å². The third-order valence-electron chi connectivity index (χ3n) is 1.36. The van der Waals surface area contributed by atoms with Crippen LogP contribution >= 0.6 is 24.4 Å². The van der Waals surface area contributed by atoms with Gasteiger partial charge in [-0.25, -0.2) is 0 Å². The molecule has 0 unspecified atom stereocenters. The van der Waals surface area contributed by atoms with Crippen molar-refractivity contribution in [3.8, 4) is 0 Å². The largest absolute Gasteiger partial charge is 0.288 e. The number of hydrogen-bond acceptors (Lipinski definition) is 3. The standard InChI is InChI=1S/C8H16OS2/c1-8(9)11-7-5-3-2-4-6-10/h10H,2-7H2,1H3. The van der Waals surface area contributed by atoms with Gasteiger partial charge in [0.15, 0.2) is 5.12 Å². The first-order chi connectivity index (χ1) is 5.27. The van der Waals surface area contributed by atoms with Crippen LogP contribution in [0.25, 0.3) is 0 Å². The number of thioether (sulfide) groups is 1. The summed E-state index contributed by atoms with van der Waals surface area (Å²) in [5.41, 5.74) is 0. The van der Waals surface area contributed by atoms with E-state index in [1.165, 1.54) is 31.0 Å². The minimum absolute atomic E-state index is 0.235. The zero-order valence-electron chi connectivity index (χ0n) is 7.01. The normalized spacial score (nSPS) is 10.0. The molecule has 1 nitrogen and oxygen atoms in total. The van der Waals surface area contributed by atoms with E-state index < -0.39 is 0 Å². The van der Waals surface area contributed by atoms with E-state index in [2.05, 4.69) is 12.6 Å². The van der Waals surface area contributed by atoms with E-state index in [9.17, 15) is 4.79 Å². The lowest BCUT2D eigenvalue weighted by Crippen LogP contribution is -1.86. The molecule has 0 aromatic heterocycles. The van der Waals surface area contributed by atoms with E-state index in [1.807, 2.05) is 0 Å². The summed E-state index contributed by atoms with van der Waals surface area (Å²) in [5.74, 6) is 1.97. The number of hydrogen-bond donors (Lipinski definition) is 1. The average molecular weight is 192 g/mol. The second-order valence-corrected chi connectivity index (χ2v) is 4.20. The van der Waals surface area contributed by atoms with Crippen molar-refractivity contribution >= 4 is 29.5 Å². The second kappa shape index (κ2) is 8.47. The molecular weight excluding hydrogens is 176 g/mol. The highest BCUT2D eigenvalue weighted by molar-refractivity contribution is 8.13. The Morgan fingerprint density at radius 2 is 1.91 bits per heavy atom. The molecule has 0 bridgehead atoms. The van der Waals surface area contributed by atoms with E-state index in [0.717, 1.165) is 17.9 Å². The number of carbonyl (C=O) groups excluding carboxylic acids is 1. The predicted molar refractivity (Wildman–Crippen MR) is 55.5 cm³/mol. The highest BCUT2D eigenvalue weighted by Gasteiger charge is 1.93. The third kappa shape index (κ3) is 10.4. The van der Waals surface area contributed by atoms with Gasteiger partial charge in [-0.3, -0.25) is 4.79 Å². The lowest BCUT2D eigenvalue weighted by molar-refractivity contribution is -0.109. The Labute approximate surface area is 78.7 Å². The van der Waals surface area contributed by atoms with E-state index in [0.29, 0.717) is 0 Å². The van der Waals surface area contributed by atoms with Crippen LogP contribution in [-0.2, 0) is 4.79 Å². The molecule has 0 rings (SSSR count). The molecule has 0 N–H and O–H groups in total. The minimum atomic E-state index is 0.235. The molecule has 0 aliphatic carbocycles. The fourth-order valence-corrected chi connectivity index (χ4v) is 1.64. The van der Waals surface area contributed by atoms with Gasteiger partial charge in [-0.05, 0) is 18.6 Å². The fourth-order valence-electron chi connectivity index (χ4n) is 0.783. The quantitative estimate of drug-likeness (QED) is 0.515. The summed E-state index contributed by atoms with van der Waals surface area (Å²) in [6.07, 6.45) is 4.86. The van der Waals surface area contributed by atoms with Crippen LogP contribution in [0.15, 0.2) is 0 Å². The van der Waals surface area contributed by atoms with Crippen molar-refractivity contribution in [2.24, 2.45) is 0 Å². The molecule has 0 aliphatic heterocycles. The third-order valence-corrected chi connectivity index (χ3v) is 2.57.